The predicted octanol–water partition coefficient (Wildman–Crippen LogP) is 4.05. The fraction of sp³-hybridized carbons (Fsp3) is 0.500. The van der Waals surface area contributed by atoms with Crippen LogP contribution in [-0.4, -0.2) is 24.9 Å². The zero-order valence-electron chi connectivity index (χ0n) is 13.0. The molecule has 1 aromatic rings. The van der Waals surface area contributed by atoms with Gasteiger partial charge >= 0.3 is 0 Å². The minimum atomic E-state index is -0.383. The summed E-state index contributed by atoms with van der Waals surface area (Å²) in [4.78, 5) is 12.0. The molecular formula is C16H21NO4S. The van der Waals surface area contributed by atoms with Gasteiger partial charge in [-0.25, -0.2) is 0 Å². The lowest BCUT2D eigenvalue weighted by atomic mass is 9.90. The Morgan fingerprint density at radius 3 is 3.00 bits per heavy atom. The Bertz CT molecular complexity index is 578. The summed E-state index contributed by atoms with van der Waals surface area (Å²) in [6.45, 7) is 4.60. The van der Waals surface area contributed by atoms with Crippen molar-refractivity contribution in [3.05, 3.63) is 50.2 Å². The molecule has 1 aromatic heterocycles. The van der Waals surface area contributed by atoms with Crippen LogP contribution in [0.25, 0.3) is 5.70 Å². The summed E-state index contributed by atoms with van der Waals surface area (Å²) < 4.78 is 10.7. The first-order chi connectivity index (χ1) is 10.6. The lowest BCUT2D eigenvalue weighted by Gasteiger charge is -2.19. The van der Waals surface area contributed by atoms with Crippen LogP contribution >= 0.6 is 11.3 Å². The Morgan fingerprint density at radius 1 is 1.59 bits per heavy atom. The molecule has 5 nitrogen and oxygen atoms in total. The Kier molecular flexibility index (Phi) is 5.88. The minimum absolute atomic E-state index is 0.127. The molecule has 0 aromatic carbocycles. The van der Waals surface area contributed by atoms with E-state index < -0.39 is 0 Å². The normalized spacial score (nSPS) is 23.0. The fourth-order valence-corrected chi connectivity index (χ4v) is 3.75. The van der Waals surface area contributed by atoms with Crippen molar-refractivity contribution in [3.63, 3.8) is 0 Å². The number of methoxy groups -OCH3 is 1. The van der Waals surface area contributed by atoms with Crippen LogP contribution in [0.1, 0.15) is 36.6 Å². The zero-order chi connectivity index (χ0) is 16.1. The van der Waals surface area contributed by atoms with Crippen LogP contribution in [0, 0.1) is 16.0 Å². The molecule has 0 amide bonds. The van der Waals surface area contributed by atoms with E-state index in [9.17, 15) is 10.1 Å². The predicted molar refractivity (Wildman–Crippen MR) is 87.4 cm³/mol. The molecule has 0 saturated heterocycles. The van der Waals surface area contributed by atoms with Gasteiger partial charge in [0.2, 0.25) is 0 Å². The minimum Gasteiger partial charge on any atom is -0.352 e. The van der Waals surface area contributed by atoms with Gasteiger partial charge in [-0.15, -0.1) is 11.3 Å². The van der Waals surface area contributed by atoms with E-state index in [4.69, 9.17) is 9.47 Å². The summed E-state index contributed by atoms with van der Waals surface area (Å²) in [7, 11) is 1.60. The van der Waals surface area contributed by atoms with Crippen LogP contribution < -0.4 is 0 Å². The summed E-state index contributed by atoms with van der Waals surface area (Å²) in [6.07, 6.45) is 5.98. The number of fused-ring (bicyclic) bond motifs is 1. The van der Waals surface area contributed by atoms with Crippen molar-refractivity contribution in [2.75, 3.05) is 13.7 Å². The molecular weight excluding hydrogens is 302 g/mol. The third kappa shape index (κ3) is 3.63. The van der Waals surface area contributed by atoms with Crippen molar-refractivity contribution >= 4 is 17.0 Å². The maximum atomic E-state index is 11.3. The highest BCUT2D eigenvalue weighted by Crippen LogP contribution is 2.41. The van der Waals surface area contributed by atoms with Gasteiger partial charge in [0.05, 0.1) is 10.5 Å². The van der Waals surface area contributed by atoms with E-state index >= 15 is 0 Å². The first kappa shape index (κ1) is 16.9. The van der Waals surface area contributed by atoms with Gasteiger partial charge in [0.1, 0.15) is 0 Å². The molecule has 0 fully saturated rings. The molecule has 0 spiro atoms. The summed E-state index contributed by atoms with van der Waals surface area (Å²) in [6, 6.07) is 1.84. The molecule has 3 unspecified atom stereocenters. The first-order valence-electron chi connectivity index (χ1n) is 7.33. The van der Waals surface area contributed by atoms with Crippen molar-refractivity contribution in [1.29, 1.82) is 0 Å². The fourth-order valence-electron chi connectivity index (χ4n) is 2.63. The molecule has 2 rings (SSSR count). The topological polar surface area (TPSA) is 61.6 Å². The number of rotatable bonds is 6. The van der Waals surface area contributed by atoms with Gasteiger partial charge in [-0.3, -0.25) is 10.1 Å². The molecule has 22 heavy (non-hydrogen) atoms. The summed E-state index contributed by atoms with van der Waals surface area (Å²) in [5, 5.41) is 13.2. The maximum Gasteiger partial charge on any atom is 0.273 e. The van der Waals surface area contributed by atoms with Gasteiger partial charge in [0.25, 0.3) is 5.70 Å². The van der Waals surface area contributed by atoms with Gasteiger partial charge in [-0.2, -0.15) is 0 Å². The summed E-state index contributed by atoms with van der Waals surface area (Å²) in [5.41, 5.74) is 0.950. The van der Waals surface area contributed by atoms with Gasteiger partial charge < -0.3 is 9.47 Å². The Labute approximate surface area is 134 Å². The van der Waals surface area contributed by atoms with Crippen LogP contribution in [0.5, 0.6) is 0 Å². The molecule has 3 atom stereocenters. The number of hydrogen-bond donors (Lipinski definition) is 0. The molecule has 0 aliphatic heterocycles. The highest BCUT2D eigenvalue weighted by Gasteiger charge is 2.30. The standard InChI is InChI=1S/C16H21NO4S/c1-4-21-15(20-3)8-6-12-11(2)5-7-14(17(18)19)13-9-10-22-16(12)13/h6-12,15H,4-5H2,1-3H3/b8-6+. The lowest BCUT2D eigenvalue weighted by molar-refractivity contribution is -0.375. The number of nitrogens with zero attached hydrogens (tertiary/aromatic N) is 1. The zero-order valence-corrected chi connectivity index (χ0v) is 13.8. The lowest BCUT2D eigenvalue weighted by Crippen LogP contribution is -2.13. The number of ether oxygens (including phenoxy) is 2. The average molecular weight is 323 g/mol. The smallest absolute Gasteiger partial charge is 0.273 e. The number of nitro groups is 1. The third-order valence-electron chi connectivity index (χ3n) is 3.81. The van der Waals surface area contributed by atoms with Gasteiger partial charge in [0.15, 0.2) is 6.29 Å². The SMILES string of the molecule is CCOC(/C=C/C1c2sccc2C([N+](=O)[O-])=CCC1C)OC. The van der Waals surface area contributed by atoms with Crippen molar-refractivity contribution in [3.8, 4) is 0 Å². The molecule has 0 bridgehead atoms. The van der Waals surface area contributed by atoms with Gasteiger partial charge in [-0.05, 0) is 42.9 Å². The van der Waals surface area contributed by atoms with Crippen molar-refractivity contribution in [2.45, 2.75) is 32.5 Å². The van der Waals surface area contributed by atoms with Crippen LogP contribution in [0.3, 0.4) is 0 Å². The Hall–Kier alpha value is -1.50. The van der Waals surface area contributed by atoms with E-state index in [1.165, 1.54) is 0 Å². The molecule has 1 aliphatic rings. The van der Waals surface area contributed by atoms with Crippen molar-refractivity contribution in [1.82, 2.24) is 0 Å². The number of hydrogen-bond acceptors (Lipinski definition) is 5. The van der Waals surface area contributed by atoms with E-state index in [0.717, 1.165) is 10.4 Å². The molecule has 0 saturated carbocycles. The van der Waals surface area contributed by atoms with Crippen molar-refractivity contribution < 1.29 is 14.4 Å². The summed E-state index contributed by atoms with van der Waals surface area (Å²) >= 11 is 1.57. The van der Waals surface area contributed by atoms with E-state index in [2.05, 4.69) is 13.0 Å². The number of thiophene rings is 1. The van der Waals surface area contributed by atoms with Crippen LogP contribution in [0.2, 0.25) is 0 Å². The quantitative estimate of drug-likeness (QED) is 0.343. The Morgan fingerprint density at radius 2 is 2.36 bits per heavy atom. The highest BCUT2D eigenvalue weighted by molar-refractivity contribution is 7.10. The summed E-state index contributed by atoms with van der Waals surface area (Å²) in [5.74, 6) is 0.409. The largest absolute Gasteiger partial charge is 0.352 e. The molecule has 120 valence electrons. The molecule has 0 N–H and O–H groups in total. The molecule has 1 aliphatic carbocycles. The van der Waals surface area contributed by atoms with Crippen molar-refractivity contribution in [2.24, 2.45) is 5.92 Å². The van der Waals surface area contributed by atoms with E-state index in [1.54, 1.807) is 24.5 Å². The van der Waals surface area contributed by atoms with Crippen LogP contribution in [0.4, 0.5) is 0 Å². The van der Waals surface area contributed by atoms with Gasteiger partial charge in [-0.1, -0.05) is 13.0 Å². The average Bonchev–Trinajstić information content (AvgIpc) is 2.90. The molecule has 6 heteroatoms. The Balaban J connectivity index is 2.31. The monoisotopic (exact) mass is 323 g/mol. The highest BCUT2D eigenvalue weighted by atomic mass is 32.1. The maximum absolute atomic E-state index is 11.3. The second kappa shape index (κ2) is 7.67. The molecule has 0 radical (unpaired) electrons. The van der Waals surface area contributed by atoms with Gasteiger partial charge in [0, 0.05) is 24.5 Å². The van der Waals surface area contributed by atoms with E-state index in [1.807, 2.05) is 24.4 Å². The molecule has 1 heterocycles. The van der Waals surface area contributed by atoms with E-state index in [-0.39, 0.29) is 28.7 Å². The first-order valence-corrected chi connectivity index (χ1v) is 8.21. The second-order valence-electron chi connectivity index (χ2n) is 5.23. The van der Waals surface area contributed by atoms with E-state index in [0.29, 0.717) is 13.0 Å². The second-order valence-corrected chi connectivity index (χ2v) is 6.18. The third-order valence-corrected chi connectivity index (χ3v) is 4.82. The number of allylic oxidation sites excluding steroid dienone is 2. The van der Waals surface area contributed by atoms with Crippen LogP contribution in [-0.2, 0) is 9.47 Å². The van der Waals surface area contributed by atoms with Crippen LogP contribution in [0.15, 0.2) is 29.7 Å².